The van der Waals surface area contributed by atoms with Crippen LogP contribution < -0.4 is 10.1 Å². The summed E-state index contributed by atoms with van der Waals surface area (Å²) >= 11 is 5.74. The molecule has 0 bridgehead atoms. The number of hydrogen-bond acceptors (Lipinski definition) is 3. The van der Waals surface area contributed by atoms with Crippen LogP contribution in [0.4, 0.5) is 4.39 Å². The molecular weight excluding hydrogens is 338 g/mol. The van der Waals surface area contributed by atoms with Crippen LogP contribution in [0.15, 0.2) is 36.4 Å². The minimum Gasteiger partial charge on any atom is -0.473 e. The van der Waals surface area contributed by atoms with Crippen molar-refractivity contribution in [1.29, 1.82) is 0 Å². The lowest BCUT2D eigenvalue weighted by molar-refractivity contribution is 0.287. The molecule has 1 saturated heterocycles. The number of nitrogens with zero attached hydrogens (tertiary/aromatic N) is 1. The lowest BCUT2D eigenvalue weighted by Crippen LogP contribution is -2.14. The highest BCUT2D eigenvalue weighted by molar-refractivity contribution is 6.30. The Balaban J connectivity index is 0.00000156. The summed E-state index contributed by atoms with van der Waals surface area (Å²) in [7, 11) is 0. The summed E-state index contributed by atoms with van der Waals surface area (Å²) in [5.41, 5.74) is 1.56. The monoisotopic (exact) mass is 354 g/mol. The molecule has 1 aromatic heterocycles. The van der Waals surface area contributed by atoms with E-state index in [0.717, 1.165) is 30.6 Å². The van der Waals surface area contributed by atoms with Gasteiger partial charge in [-0.25, -0.2) is 9.37 Å². The zero-order valence-corrected chi connectivity index (χ0v) is 13.9. The Hall–Kier alpha value is -1.36. The maximum absolute atomic E-state index is 13.7. The molecule has 6 heteroatoms. The molecule has 1 aromatic carbocycles. The van der Waals surface area contributed by atoms with Crippen molar-refractivity contribution in [1.82, 2.24) is 10.3 Å². The third-order valence-electron chi connectivity index (χ3n) is 4.57. The number of ether oxygens (including phenoxy) is 1. The summed E-state index contributed by atoms with van der Waals surface area (Å²) in [6.45, 7) is 2.31. The Kier molecular flexibility index (Phi) is 4.76. The zero-order chi connectivity index (χ0) is 15.1. The number of piperidine rings is 1. The number of benzene rings is 1. The van der Waals surface area contributed by atoms with Crippen molar-refractivity contribution >= 4 is 24.0 Å². The molecule has 2 fully saturated rings. The van der Waals surface area contributed by atoms with Crippen LogP contribution in [-0.4, -0.2) is 18.1 Å². The van der Waals surface area contributed by atoms with Crippen LogP contribution in [-0.2, 0) is 6.61 Å². The maximum Gasteiger partial charge on any atom is 0.213 e. The molecular formula is C17H17Cl2FN2O. The van der Waals surface area contributed by atoms with E-state index in [-0.39, 0.29) is 24.8 Å². The van der Waals surface area contributed by atoms with E-state index in [0.29, 0.717) is 22.4 Å². The van der Waals surface area contributed by atoms with Crippen molar-refractivity contribution in [3.63, 3.8) is 0 Å². The van der Waals surface area contributed by atoms with E-state index in [1.807, 2.05) is 12.1 Å². The fourth-order valence-corrected chi connectivity index (χ4v) is 3.50. The summed E-state index contributed by atoms with van der Waals surface area (Å²) in [4.78, 5) is 4.58. The number of halogens is 3. The fraction of sp³-hybridized carbons (Fsp3) is 0.353. The Morgan fingerprint density at radius 3 is 2.74 bits per heavy atom. The van der Waals surface area contributed by atoms with E-state index in [1.54, 1.807) is 12.1 Å². The Labute approximate surface area is 145 Å². The largest absolute Gasteiger partial charge is 0.473 e. The van der Waals surface area contributed by atoms with E-state index in [1.165, 1.54) is 6.07 Å². The van der Waals surface area contributed by atoms with Gasteiger partial charge in [-0.1, -0.05) is 23.7 Å². The van der Waals surface area contributed by atoms with E-state index in [9.17, 15) is 4.39 Å². The lowest BCUT2D eigenvalue weighted by Gasteiger charge is -2.09. The van der Waals surface area contributed by atoms with Crippen LogP contribution in [0.5, 0.6) is 5.88 Å². The second-order valence-electron chi connectivity index (χ2n) is 5.94. The van der Waals surface area contributed by atoms with E-state index in [2.05, 4.69) is 16.4 Å². The molecule has 3 atom stereocenters. The summed E-state index contributed by atoms with van der Waals surface area (Å²) < 4.78 is 19.4. The normalized spacial score (nSPS) is 24.7. The van der Waals surface area contributed by atoms with E-state index in [4.69, 9.17) is 16.3 Å². The molecule has 4 rings (SSSR count). The number of hydrogen-bond donors (Lipinski definition) is 1. The SMILES string of the molecule is Cl.Fc1cc(Cl)ccc1COc1cccc(C2[C@H]3CNC[C@@H]23)n1. The molecule has 1 aliphatic heterocycles. The van der Waals surface area contributed by atoms with Gasteiger partial charge < -0.3 is 10.1 Å². The van der Waals surface area contributed by atoms with Crippen molar-refractivity contribution in [3.8, 4) is 5.88 Å². The molecule has 2 aromatic rings. The Morgan fingerprint density at radius 2 is 2.00 bits per heavy atom. The molecule has 0 radical (unpaired) electrons. The van der Waals surface area contributed by atoms with Crippen LogP contribution in [0.2, 0.25) is 5.02 Å². The maximum atomic E-state index is 13.7. The van der Waals surface area contributed by atoms with Crippen LogP contribution in [0.25, 0.3) is 0 Å². The standard InChI is InChI=1S/C17H16ClFN2O.ClH/c18-11-5-4-10(14(19)6-11)9-22-16-3-1-2-15(21-16)17-12-7-20-8-13(12)17;/h1-6,12-13,17,20H,7-9H2;1H/t12-,13+,17?;. The molecule has 122 valence electrons. The van der Waals surface area contributed by atoms with Crippen molar-refractivity contribution in [2.75, 3.05) is 13.1 Å². The molecule has 1 unspecified atom stereocenters. The zero-order valence-electron chi connectivity index (χ0n) is 12.3. The molecule has 0 spiro atoms. The van der Waals surface area contributed by atoms with Gasteiger partial charge in [-0.3, -0.25) is 0 Å². The first-order valence-electron chi connectivity index (χ1n) is 7.47. The molecule has 1 aliphatic carbocycles. The molecule has 3 nitrogen and oxygen atoms in total. The second-order valence-corrected chi connectivity index (χ2v) is 6.37. The van der Waals surface area contributed by atoms with Gasteiger partial charge in [-0.2, -0.15) is 0 Å². The van der Waals surface area contributed by atoms with E-state index >= 15 is 0 Å². The summed E-state index contributed by atoms with van der Waals surface area (Å²) in [5, 5.41) is 3.77. The van der Waals surface area contributed by atoms with Crippen molar-refractivity contribution in [3.05, 3.63) is 58.5 Å². The fourth-order valence-electron chi connectivity index (χ4n) is 3.34. The molecule has 2 aliphatic rings. The Morgan fingerprint density at radius 1 is 1.22 bits per heavy atom. The Bertz CT molecular complexity index is 703. The minimum atomic E-state index is -0.355. The summed E-state index contributed by atoms with van der Waals surface area (Å²) in [5.74, 6) is 2.18. The number of fused-ring (bicyclic) bond motifs is 1. The first-order valence-corrected chi connectivity index (χ1v) is 7.84. The van der Waals surface area contributed by atoms with Crippen LogP contribution in [0, 0.1) is 17.7 Å². The summed E-state index contributed by atoms with van der Waals surface area (Å²) in [6, 6.07) is 10.4. The minimum absolute atomic E-state index is 0. The molecule has 23 heavy (non-hydrogen) atoms. The second kappa shape index (κ2) is 6.63. The van der Waals surface area contributed by atoms with Crippen LogP contribution >= 0.6 is 24.0 Å². The first kappa shape index (κ1) is 16.5. The topological polar surface area (TPSA) is 34.1 Å². The van der Waals surface area contributed by atoms with Crippen molar-refractivity contribution < 1.29 is 9.13 Å². The average Bonchev–Trinajstić information content (AvgIpc) is 2.99. The number of nitrogens with one attached hydrogen (secondary N) is 1. The van der Waals surface area contributed by atoms with E-state index < -0.39 is 0 Å². The highest BCUT2D eigenvalue weighted by atomic mass is 35.5. The van der Waals surface area contributed by atoms with Crippen molar-refractivity contribution in [2.24, 2.45) is 11.8 Å². The molecule has 1 N–H and O–H groups in total. The number of aromatic nitrogens is 1. The summed E-state index contributed by atoms with van der Waals surface area (Å²) in [6.07, 6.45) is 0. The third-order valence-corrected chi connectivity index (χ3v) is 4.80. The van der Waals surface area contributed by atoms with Crippen LogP contribution in [0.1, 0.15) is 17.2 Å². The van der Waals surface area contributed by atoms with Gasteiger partial charge in [0.1, 0.15) is 12.4 Å². The van der Waals surface area contributed by atoms with Gasteiger partial charge >= 0.3 is 0 Å². The van der Waals surface area contributed by atoms with Crippen molar-refractivity contribution in [2.45, 2.75) is 12.5 Å². The number of rotatable bonds is 4. The average molecular weight is 355 g/mol. The molecule has 1 saturated carbocycles. The quantitative estimate of drug-likeness (QED) is 0.906. The highest BCUT2D eigenvalue weighted by Crippen LogP contribution is 2.55. The smallest absolute Gasteiger partial charge is 0.213 e. The first-order chi connectivity index (χ1) is 10.7. The molecule has 0 amide bonds. The van der Waals surface area contributed by atoms with Gasteiger partial charge in [0.15, 0.2) is 0 Å². The van der Waals surface area contributed by atoms with Gasteiger partial charge in [0.05, 0.1) is 0 Å². The molecule has 2 heterocycles. The number of pyridine rings is 1. The van der Waals surface area contributed by atoms with Gasteiger partial charge in [0.2, 0.25) is 5.88 Å². The van der Waals surface area contributed by atoms with Gasteiger partial charge in [-0.05, 0) is 43.1 Å². The lowest BCUT2D eigenvalue weighted by atomic mass is 10.2. The van der Waals surface area contributed by atoms with Gasteiger partial charge in [0.25, 0.3) is 0 Å². The highest BCUT2D eigenvalue weighted by Gasteiger charge is 2.54. The van der Waals surface area contributed by atoms with Gasteiger partial charge in [-0.15, -0.1) is 12.4 Å². The third kappa shape index (κ3) is 3.30. The van der Waals surface area contributed by atoms with Gasteiger partial charge in [0, 0.05) is 28.3 Å². The predicted octanol–water partition coefficient (Wildman–Crippen LogP) is 3.81. The van der Waals surface area contributed by atoms with Crippen LogP contribution in [0.3, 0.4) is 0 Å². The predicted molar refractivity (Wildman–Crippen MR) is 89.8 cm³/mol.